The Balaban J connectivity index is 0.00000192. The van der Waals surface area contributed by atoms with Crippen molar-refractivity contribution in [3.8, 4) is 0 Å². The first-order valence-corrected chi connectivity index (χ1v) is 8.22. The van der Waals surface area contributed by atoms with Gasteiger partial charge in [-0.05, 0) is 36.8 Å². The summed E-state index contributed by atoms with van der Waals surface area (Å²) >= 11 is 0. The van der Waals surface area contributed by atoms with Crippen LogP contribution in [-0.4, -0.2) is 43.7 Å². The normalized spacial score (nSPS) is 26.6. The van der Waals surface area contributed by atoms with Crippen molar-refractivity contribution in [3.63, 3.8) is 0 Å². The summed E-state index contributed by atoms with van der Waals surface area (Å²) in [5.74, 6) is 0.263. The minimum Gasteiger partial charge on any atom is -0.381 e. The lowest BCUT2D eigenvalue weighted by atomic mass is 9.73. The number of halogens is 1. The van der Waals surface area contributed by atoms with Crippen LogP contribution >= 0.6 is 12.4 Å². The number of carbonyl (C=O) groups is 1. The van der Waals surface area contributed by atoms with E-state index in [1.54, 1.807) is 0 Å². The van der Waals surface area contributed by atoms with Gasteiger partial charge in [-0.15, -0.1) is 12.4 Å². The third-order valence-corrected chi connectivity index (χ3v) is 5.42. The number of rotatable bonds is 3. The molecule has 2 heterocycles. The molecule has 1 aromatic rings. The third kappa shape index (κ3) is 3.39. The number of likely N-dealkylation sites (tertiary alicyclic amines) is 1. The Kier molecular flexibility index (Phi) is 5.71. The van der Waals surface area contributed by atoms with E-state index in [0.29, 0.717) is 19.8 Å². The first kappa shape index (κ1) is 18.2. The van der Waals surface area contributed by atoms with Crippen molar-refractivity contribution in [3.05, 3.63) is 35.9 Å². The van der Waals surface area contributed by atoms with Gasteiger partial charge in [0.15, 0.2) is 0 Å². The summed E-state index contributed by atoms with van der Waals surface area (Å²) in [4.78, 5) is 15.4. The summed E-state index contributed by atoms with van der Waals surface area (Å²) < 4.78 is 5.53. The lowest BCUT2D eigenvalue weighted by Crippen LogP contribution is -2.50. The zero-order valence-corrected chi connectivity index (χ0v) is 14.6. The lowest BCUT2D eigenvalue weighted by Gasteiger charge is -2.39. The molecule has 1 unspecified atom stereocenters. The van der Waals surface area contributed by atoms with Gasteiger partial charge >= 0.3 is 0 Å². The molecule has 5 heteroatoms. The molecular weight excluding hydrogens is 312 g/mol. The molecule has 23 heavy (non-hydrogen) atoms. The van der Waals surface area contributed by atoms with E-state index < -0.39 is 5.41 Å². The molecule has 2 saturated heterocycles. The molecule has 2 aliphatic rings. The van der Waals surface area contributed by atoms with Crippen molar-refractivity contribution < 1.29 is 9.53 Å². The molecule has 1 atom stereocenters. The molecule has 1 amide bonds. The fourth-order valence-corrected chi connectivity index (χ4v) is 3.77. The van der Waals surface area contributed by atoms with Crippen molar-refractivity contribution in [2.75, 3.05) is 32.8 Å². The van der Waals surface area contributed by atoms with Gasteiger partial charge in [-0.1, -0.05) is 37.3 Å². The number of amides is 1. The number of benzene rings is 1. The van der Waals surface area contributed by atoms with E-state index in [-0.39, 0.29) is 23.7 Å². The molecule has 0 aliphatic carbocycles. The summed E-state index contributed by atoms with van der Waals surface area (Å²) in [5, 5.41) is 0. The Morgan fingerprint density at radius 1 is 1.22 bits per heavy atom. The number of carbonyl (C=O) groups excluding carboxylic acids is 1. The largest absolute Gasteiger partial charge is 0.381 e. The quantitative estimate of drug-likeness (QED) is 0.920. The Hall–Kier alpha value is -1.10. The maximum absolute atomic E-state index is 13.4. The molecule has 2 aliphatic heterocycles. The van der Waals surface area contributed by atoms with E-state index >= 15 is 0 Å². The van der Waals surface area contributed by atoms with Gasteiger partial charge in [0.05, 0.1) is 5.41 Å². The minimum absolute atomic E-state index is 0. The minimum atomic E-state index is -0.417. The molecule has 0 saturated carbocycles. The third-order valence-electron chi connectivity index (χ3n) is 5.42. The van der Waals surface area contributed by atoms with Crippen LogP contribution in [-0.2, 0) is 14.9 Å². The smallest absolute Gasteiger partial charge is 0.233 e. The standard InChI is InChI=1S/C18H26N2O2.ClH/c1-17(13-19)7-10-20(14-17)16(21)18(8-11-22-12-9-18)15-5-3-2-4-6-15;/h2-6H,7-14,19H2,1H3;1H. The van der Waals surface area contributed by atoms with Gasteiger partial charge in [-0.25, -0.2) is 0 Å². The summed E-state index contributed by atoms with van der Waals surface area (Å²) in [5.41, 5.74) is 6.68. The number of nitrogens with zero attached hydrogens (tertiary/aromatic N) is 1. The summed E-state index contributed by atoms with van der Waals surface area (Å²) in [7, 11) is 0. The van der Waals surface area contributed by atoms with Gasteiger partial charge in [0.1, 0.15) is 0 Å². The Morgan fingerprint density at radius 3 is 2.43 bits per heavy atom. The predicted octanol–water partition coefficient (Wildman–Crippen LogP) is 2.35. The Bertz CT molecular complexity index is 531. The summed E-state index contributed by atoms with van der Waals surface area (Å²) in [6, 6.07) is 10.2. The van der Waals surface area contributed by atoms with Crippen LogP contribution in [0.25, 0.3) is 0 Å². The summed E-state index contributed by atoms with van der Waals surface area (Å²) in [6.07, 6.45) is 2.54. The van der Waals surface area contributed by atoms with Crippen LogP contribution in [0.3, 0.4) is 0 Å². The Labute approximate surface area is 144 Å². The molecular formula is C18H27ClN2O2. The maximum atomic E-state index is 13.4. The number of ether oxygens (including phenoxy) is 1. The van der Waals surface area contributed by atoms with E-state index in [4.69, 9.17) is 10.5 Å². The lowest BCUT2D eigenvalue weighted by molar-refractivity contribution is -0.140. The zero-order chi connectivity index (χ0) is 15.6. The topological polar surface area (TPSA) is 55.6 Å². The molecule has 3 rings (SSSR count). The molecule has 2 N–H and O–H groups in total. The highest BCUT2D eigenvalue weighted by atomic mass is 35.5. The molecule has 0 radical (unpaired) electrons. The van der Waals surface area contributed by atoms with Crippen LogP contribution in [0, 0.1) is 5.41 Å². The average Bonchev–Trinajstić information content (AvgIpc) is 2.98. The van der Waals surface area contributed by atoms with Gasteiger partial charge < -0.3 is 15.4 Å². The second-order valence-electron chi connectivity index (χ2n) is 7.05. The monoisotopic (exact) mass is 338 g/mol. The second kappa shape index (κ2) is 7.20. The van der Waals surface area contributed by atoms with Gasteiger partial charge in [0, 0.05) is 26.3 Å². The highest BCUT2D eigenvalue weighted by Gasteiger charge is 2.47. The first-order valence-electron chi connectivity index (χ1n) is 8.22. The average molecular weight is 339 g/mol. The molecule has 4 nitrogen and oxygen atoms in total. The predicted molar refractivity (Wildman–Crippen MR) is 93.8 cm³/mol. The van der Waals surface area contributed by atoms with Crippen LogP contribution in [0.5, 0.6) is 0 Å². The summed E-state index contributed by atoms with van der Waals surface area (Å²) in [6.45, 7) is 5.72. The van der Waals surface area contributed by atoms with Crippen LogP contribution in [0.4, 0.5) is 0 Å². The van der Waals surface area contributed by atoms with E-state index in [1.165, 1.54) is 0 Å². The fourth-order valence-electron chi connectivity index (χ4n) is 3.77. The second-order valence-corrected chi connectivity index (χ2v) is 7.05. The fraction of sp³-hybridized carbons (Fsp3) is 0.611. The highest BCUT2D eigenvalue weighted by molar-refractivity contribution is 5.88. The van der Waals surface area contributed by atoms with Gasteiger partial charge in [-0.2, -0.15) is 0 Å². The molecule has 128 valence electrons. The zero-order valence-electron chi connectivity index (χ0n) is 13.8. The molecule has 0 spiro atoms. The number of hydrogen-bond acceptors (Lipinski definition) is 3. The maximum Gasteiger partial charge on any atom is 0.233 e. The number of nitrogens with two attached hydrogens (primary N) is 1. The molecule has 1 aromatic carbocycles. The van der Waals surface area contributed by atoms with Crippen molar-refractivity contribution in [1.82, 2.24) is 4.90 Å². The van der Waals surface area contributed by atoms with E-state index in [9.17, 15) is 4.79 Å². The SMILES string of the molecule is CC1(CN)CCN(C(=O)C2(c3ccccc3)CCOCC2)C1.Cl. The van der Waals surface area contributed by atoms with Gasteiger partial charge in [0.25, 0.3) is 0 Å². The highest BCUT2D eigenvalue weighted by Crippen LogP contribution is 2.39. The first-order chi connectivity index (χ1) is 10.6. The van der Waals surface area contributed by atoms with Crippen LogP contribution in [0.1, 0.15) is 31.7 Å². The number of hydrogen-bond donors (Lipinski definition) is 1. The van der Waals surface area contributed by atoms with Crippen molar-refractivity contribution in [2.45, 2.75) is 31.6 Å². The van der Waals surface area contributed by atoms with E-state index in [2.05, 4.69) is 19.1 Å². The van der Waals surface area contributed by atoms with Crippen LogP contribution in [0.15, 0.2) is 30.3 Å². The Morgan fingerprint density at radius 2 is 1.87 bits per heavy atom. The van der Waals surface area contributed by atoms with Crippen LogP contribution in [0.2, 0.25) is 0 Å². The van der Waals surface area contributed by atoms with Gasteiger partial charge in [-0.3, -0.25) is 4.79 Å². The van der Waals surface area contributed by atoms with Crippen molar-refractivity contribution in [1.29, 1.82) is 0 Å². The van der Waals surface area contributed by atoms with Gasteiger partial charge in [0.2, 0.25) is 5.91 Å². The van der Waals surface area contributed by atoms with Crippen molar-refractivity contribution >= 4 is 18.3 Å². The molecule has 0 bridgehead atoms. The van der Waals surface area contributed by atoms with E-state index in [1.807, 2.05) is 23.1 Å². The van der Waals surface area contributed by atoms with Crippen LogP contribution < -0.4 is 5.73 Å². The molecule has 0 aromatic heterocycles. The van der Waals surface area contributed by atoms with E-state index in [0.717, 1.165) is 37.9 Å². The molecule has 2 fully saturated rings. The van der Waals surface area contributed by atoms with Crippen molar-refractivity contribution in [2.24, 2.45) is 11.1 Å².